The van der Waals surface area contributed by atoms with Crippen molar-refractivity contribution in [1.29, 1.82) is 0 Å². The highest BCUT2D eigenvalue weighted by molar-refractivity contribution is 7.92. The van der Waals surface area contributed by atoms with Crippen LogP contribution in [0.1, 0.15) is 17.2 Å². The van der Waals surface area contributed by atoms with Crippen molar-refractivity contribution in [2.24, 2.45) is 5.73 Å². The van der Waals surface area contributed by atoms with E-state index in [1.165, 1.54) is 0 Å². The van der Waals surface area contributed by atoms with Crippen LogP contribution in [0.15, 0.2) is 42.5 Å². The van der Waals surface area contributed by atoms with Gasteiger partial charge in [-0.25, -0.2) is 8.42 Å². The lowest BCUT2D eigenvalue weighted by Gasteiger charge is -2.15. The van der Waals surface area contributed by atoms with Crippen LogP contribution < -0.4 is 21.9 Å². The molecule has 0 heterocycles. The minimum absolute atomic E-state index is 0.447. The molecular formula is C14H18N4O2S. The fraction of sp³-hybridized carbons (Fsp3) is 0.143. The molecule has 7 N–H and O–H groups in total. The van der Waals surface area contributed by atoms with Crippen molar-refractivity contribution in [3.05, 3.63) is 53.6 Å². The predicted molar refractivity (Wildman–Crippen MR) is 86.2 cm³/mol. The quantitative estimate of drug-likeness (QED) is 0.633. The summed E-state index contributed by atoms with van der Waals surface area (Å²) < 4.78 is 24.9. The average molecular weight is 306 g/mol. The second-order valence-corrected chi connectivity index (χ2v) is 6.66. The van der Waals surface area contributed by atoms with E-state index in [0.29, 0.717) is 17.1 Å². The smallest absolute Gasteiger partial charge is 0.229 e. The normalized spacial score (nSPS) is 12.9. The van der Waals surface area contributed by atoms with E-state index in [4.69, 9.17) is 17.2 Å². The van der Waals surface area contributed by atoms with Crippen molar-refractivity contribution in [2.45, 2.75) is 6.04 Å². The summed E-state index contributed by atoms with van der Waals surface area (Å²) in [6.07, 6.45) is 1.10. The molecule has 21 heavy (non-hydrogen) atoms. The van der Waals surface area contributed by atoms with Crippen molar-refractivity contribution in [1.82, 2.24) is 0 Å². The molecule has 2 rings (SSSR count). The Morgan fingerprint density at radius 2 is 1.62 bits per heavy atom. The Labute approximate surface area is 124 Å². The Bertz CT molecular complexity index is 739. The number of benzene rings is 2. The largest absolute Gasteiger partial charge is 0.399 e. The number of nitrogens with one attached hydrogen (secondary N) is 1. The van der Waals surface area contributed by atoms with Crippen LogP contribution in [-0.2, 0) is 10.0 Å². The van der Waals surface area contributed by atoms with Gasteiger partial charge in [-0.15, -0.1) is 0 Å². The lowest BCUT2D eigenvalue weighted by atomic mass is 9.98. The zero-order valence-corrected chi connectivity index (χ0v) is 12.4. The summed E-state index contributed by atoms with van der Waals surface area (Å²) in [5, 5.41) is 0. The van der Waals surface area contributed by atoms with Crippen LogP contribution in [0.25, 0.3) is 0 Å². The number of rotatable bonds is 4. The summed E-state index contributed by atoms with van der Waals surface area (Å²) in [5.41, 5.74) is 20.8. The molecule has 0 fully saturated rings. The van der Waals surface area contributed by atoms with E-state index in [1.54, 1.807) is 36.4 Å². The number of hydrogen-bond acceptors (Lipinski definition) is 5. The molecule has 0 amide bonds. The minimum Gasteiger partial charge on any atom is -0.399 e. The molecule has 0 saturated heterocycles. The third-order valence-corrected chi connectivity index (χ3v) is 3.51. The van der Waals surface area contributed by atoms with Gasteiger partial charge < -0.3 is 17.2 Å². The zero-order chi connectivity index (χ0) is 15.6. The molecule has 0 aliphatic carbocycles. The van der Waals surface area contributed by atoms with Gasteiger partial charge in [0.1, 0.15) is 0 Å². The van der Waals surface area contributed by atoms with Gasteiger partial charge in [-0.3, -0.25) is 4.72 Å². The molecule has 0 saturated carbocycles. The molecule has 1 atom stereocenters. The van der Waals surface area contributed by atoms with Crippen LogP contribution in [0, 0.1) is 0 Å². The first kappa shape index (κ1) is 15.1. The molecule has 112 valence electrons. The molecule has 6 nitrogen and oxygen atoms in total. The Kier molecular flexibility index (Phi) is 4.06. The van der Waals surface area contributed by atoms with Crippen molar-refractivity contribution in [2.75, 3.05) is 22.4 Å². The minimum atomic E-state index is -3.33. The fourth-order valence-corrected chi connectivity index (χ4v) is 2.64. The molecule has 0 aliphatic rings. The molecule has 0 spiro atoms. The van der Waals surface area contributed by atoms with Crippen LogP contribution in [0.3, 0.4) is 0 Å². The number of anilines is 3. The predicted octanol–water partition coefficient (Wildman–Crippen LogP) is 1.27. The first-order valence-electron chi connectivity index (χ1n) is 6.24. The van der Waals surface area contributed by atoms with Crippen LogP contribution in [0.4, 0.5) is 17.1 Å². The molecular weight excluding hydrogens is 288 g/mol. The molecule has 0 radical (unpaired) electrons. The van der Waals surface area contributed by atoms with Crippen molar-refractivity contribution >= 4 is 27.1 Å². The summed E-state index contributed by atoms with van der Waals surface area (Å²) in [5.74, 6) is 0. The number of hydrogen-bond donors (Lipinski definition) is 4. The monoisotopic (exact) mass is 306 g/mol. The van der Waals surface area contributed by atoms with Gasteiger partial charge in [0.25, 0.3) is 0 Å². The van der Waals surface area contributed by atoms with Crippen molar-refractivity contribution in [3.63, 3.8) is 0 Å². The Balaban J connectivity index is 2.35. The van der Waals surface area contributed by atoms with Crippen LogP contribution in [0.5, 0.6) is 0 Å². The standard InChI is InChI=1S/C14H18N4O2S/c1-21(19,20)18-13-4-2-3-9(7-13)14(17)10-5-11(15)8-12(16)6-10/h2-8,14,18H,15-17H2,1H3. The summed E-state index contributed by atoms with van der Waals surface area (Å²) in [4.78, 5) is 0. The van der Waals surface area contributed by atoms with E-state index in [-0.39, 0.29) is 0 Å². The topological polar surface area (TPSA) is 124 Å². The van der Waals surface area contributed by atoms with Gasteiger partial charge >= 0.3 is 0 Å². The molecule has 0 aliphatic heterocycles. The summed E-state index contributed by atoms with van der Waals surface area (Å²) in [6.45, 7) is 0. The highest BCUT2D eigenvalue weighted by Crippen LogP contribution is 2.25. The summed E-state index contributed by atoms with van der Waals surface area (Å²) in [6, 6.07) is 11.6. The van der Waals surface area contributed by atoms with Gasteiger partial charge in [-0.1, -0.05) is 12.1 Å². The van der Waals surface area contributed by atoms with Gasteiger partial charge in [0, 0.05) is 17.1 Å². The van der Waals surface area contributed by atoms with E-state index in [0.717, 1.165) is 17.4 Å². The van der Waals surface area contributed by atoms with Gasteiger partial charge in [-0.2, -0.15) is 0 Å². The van der Waals surface area contributed by atoms with E-state index in [2.05, 4.69) is 4.72 Å². The number of sulfonamides is 1. The summed E-state index contributed by atoms with van der Waals surface area (Å²) in [7, 11) is -3.33. The zero-order valence-electron chi connectivity index (χ0n) is 11.6. The van der Waals surface area contributed by atoms with E-state index in [1.807, 2.05) is 6.07 Å². The van der Waals surface area contributed by atoms with Crippen LogP contribution in [0.2, 0.25) is 0 Å². The maximum atomic E-state index is 11.3. The lowest BCUT2D eigenvalue weighted by Crippen LogP contribution is -2.14. The first-order valence-corrected chi connectivity index (χ1v) is 8.13. The van der Waals surface area contributed by atoms with E-state index >= 15 is 0 Å². The molecule has 1 unspecified atom stereocenters. The first-order chi connectivity index (χ1) is 9.74. The molecule has 2 aromatic carbocycles. The second kappa shape index (κ2) is 5.63. The third-order valence-electron chi connectivity index (χ3n) is 2.91. The summed E-state index contributed by atoms with van der Waals surface area (Å²) >= 11 is 0. The number of nitrogens with two attached hydrogens (primary N) is 3. The van der Waals surface area contributed by atoms with E-state index < -0.39 is 16.1 Å². The SMILES string of the molecule is CS(=O)(=O)Nc1cccc(C(N)c2cc(N)cc(N)c2)c1. The Hall–Kier alpha value is -2.25. The molecule has 7 heteroatoms. The third kappa shape index (κ3) is 4.11. The average Bonchev–Trinajstić information content (AvgIpc) is 2.35. The maximum Gasteiger partial charge on any atom is 0.229 e. The van der Waals surface area contributed by atoms with Crippen molar-refractivity contribution in [3.8, 4) is 0 Å². The highest BCUT2D eigenvalue weighted by atomic mass is 32.2. The maximum absolute atomic E-state index is 11.3. The second-order valence-electron chi connectivity index (χ2n) is 4.91. The Morgan fingerprint density at radius 3 is 2.19 bits per heavy atom. The molecule has 0 aromatic heterocycles. The van der Waals surface area contributed by atoms with Crippen LogP contribution >= 0.6 is 0 Å². The van der Waals surface area contributed by atoms with Gasteiger partial charge in [0.15, 0.2) is 0 Å². The van der Waals surface area contributed by atoms with Crippen molar-refractivity contribution < 1.29 is 8.42 Å². The number of nitrogen functional groups attached to an aromatic ring is 2. The fourth-order valence-electron chi connectivity index (χ4n) is 2.08. The lowest BCUT2D eigenvalue weighted by molar-refractivity contribution is 0.607. The van der Waals surface area contributed by atoms with Crippen LogP contribution in [-0.4, -0.2) is 14.7 Å². The van der Waals surface area contributed by atoms with E-state index in [9.17, 15) is 8.42 Å². The molecule has 2 aromatic rings. The van der Waals surface area contributed by atoms with Gasteiger partial charge in [0.2, 0.25) is 10.0 Å². The Morgan fingerprint density at radius 1 is 1.00 bits per heavy atom. The van der Waals surface area contributed by atoms with Gasteiger partial charge in [-0.05, 0) is 41.5 Å². The molecule has 0 bridgehead atoms. The van der Waals surface area contributed by atoms with Gasteiger partial charge in [0.05, 0.1) is 12.3 Å². The highest BCUT2D eigenvalue weighted by Gasteiger charge is 2.11.